The van der Waals surface area contributed by atoms with Crippen LogP contribution in [0.5, 0.6) is 5.75 Å². The third kappa shape index (κ3) is 7.31. The van der Waals surface area contributed by atoms with E-state index in [2.05, 4.69) is 12.7 Å². The third-order valence-corrected chi connectivity index (χ3v) is 11.4. The Morgan fingerprint density at radius 2 is 1.38 bits per heavy atom. The highest BCUT2D eigenvalue weighted by Crippen LogP contribution is 2.47. The Kier molecular flexibility index (Phi) is 11.0. The van der Waals surface area contributed by atoms with Crippen molar-refractivity contribution in [1.82, 2.24) is 0 Å². The van der Waals surface area contributed by atoms with Gasteiger partial charge in [-0.15, -0.1) is 6.58 Å². The van der Waals surface area contributed by atoms with Crippen molar-refractivity contribution in [3.05, 3.63) is 42.0 Å². The Morgan fingerprint density at radius 3 is 1.98 bits per heavy atom. The molecule has 1 aromatic carbocycles. The van der Waals surface area contributed by atoms with E-state index >= 15 is 0 Å². The van der Waals surface area contributed by atoms with E-state index in [-0.39, 0.29) is 11.7 Å². The minimum absolute atomic E-state index is 0.0504. The van der Waals surface area contributed by atoms with Crippen LogP contribution in [0.1, 0.15) is 128 Å². The number of rotatable bonds is 10. The summed E-state index contributed by atoms with van der Waals surface area (Å²) >= 11 is 0. The molecule has 1 heterocycles. The summed E-state index contributed by atoms with van der Waals surface area (Å²) in [4.78, 5) is 0. The molecule has 3 saturated carbocycles. The molecule has 4 heteroatoms. The highest BCUT2D eigenvalue weighted by molar-refractivity contribution is 5.33. The zero-order valence-corrected chi connectivity index (χ0v) is 25.1. The summed E-state index contributed by atoms with van der Waals surface area (Å²) in [5.41, 5.74) is 0.555. The molecule has 0 bridgehead atoms. The predicted octanol–water partition coefficient (Wildman–Crippen LogP) is 10.4. The zero-order chi connectivity index (χ0) is 27.9. The molecule has 1 saturated heterocycles. The summed E-state index contributed by atoms with van der Waals surface area (Å²) < 4.78 is 41.4. The molecule has 224 valence electrons. The summed E-state index contributed by atoms with van der Waals surface area (Å²) in [6, 6.07) is 3.40. The lowest BCUT2D eigenvalue weighted by molar-refractivity contribution is -0.0749. The molecular weight excluding hydrogens is 502 g/mol. The van der Waals surface area contributed by atoms with Gasteiger partial charge >= 0.3 is 0 Å². The van der Waals surface area contributed by atoms with Gasteiger partial charge in [0.1, 0.15) is 0 Å². The Balaban J connectivity index is 1.01. The summed E-state index contributed by atoms with van der Waals surface area (Å²) in [5, 5.41) is 0. The Labute approximate surface area is 242 Å². The van der Waals surface area contributed by atoms with Crippen molar-refractivity contribution < 1.29 is 18.3 Å². The van der Waals surface area contributed by atoms with Crippen molar-refractivity contribution in [3.8, 4) is 5.75 Å². The quantitative estimate of drug-likeness (QED) is 0.267. The summed E-state index contributed by atoms with van der Waals surface area (Å²) in [6.45, 7) is 7.26. The van der Waals surface area contributed by atoms with E-state index in [4.69, 9.17) is 9.47 Å². The van der Waals surface area contributed by atoms with Gasteiger partial charge in [0.2, 0.25) is 5.82 Å². The fraction of sp³-hybridized carbons (Fsp3) is 0.778. The van der Waals surface area contributed by atoms with Gasteiger partial charge in [-0.3, -0.25) is 0 Å². The van der Waals surface area contributed by atoms with Gasteiger partial charge in [0, 0.05) is 0 Å². The number of hydrogen-bond acceptors (Lipinski definition) is 2. The minimum Gasteiger partial charge on any atom is -0.490 e. The molecule has 40 heavy (non-hydrogen) atoms. The molecule has 2 unspecified atom stereocenters. The van der Waals surface area contributed by atoms with Gasteiger partial charge in [-0.2, -0.15) is 4.39 Å². The van der Waals surface area contributed by atoms with E-state index in [1.54, 1.807) is 12.1 Å². The molecule has 4 aliphatic rings. The van der Waals surface area contributed by atoms with E-state index in [1.165, 1.54) is 77.0 Å². The van der Waals surface area contributed by atoms with Crippen LogP contribution >= 0.6 is 0 Å². The fourth-order valence-corrected chi connectivity index (χ4v) is 8.91. The monoisotopic (exact) mass is 556 g/mol. The van der Waals surface area contributed by atoms with Gasteiger partial charge in [-0.05, 0) is 149 Å². The van der Waals surface area contributed by atoms with Crippen LogP contribution in [-0.4, -0.2) is 19.3 Å². The average molecular weight is 557 g/mol. The molecule has 4 fully saturated rings. The molecule has 0 aromatic heterocycles. The second-order valence-electron chi connectivity index (χ2n) is 13.8. The van der Waals surface area contributed by atoms with Gasteiger partial charge in [0.25, 0.3) is 0 Å². The summed E-state index contributed by atoms with van der Waals surface area (Å²) in [6.07, 6.45) is 23.7. The maximum absolute atomic E-state index is 14.9. The van der Waals surface area contributed by atoms with Crippen LogP contribution in [0.2, 0.25) is 0 Å². The normalized spacial score (nSPS) is 35.3. The van der Waals surface area contributed by atoms with Crippen molar-refractivity contribution >= 4 is 0 Å². The summed E-state index contributed by atoms with van der Waals surface area (Å²) in [7, 11) is 0. The highest BCUT2D eigenvalue weighted by atomic mass is 19.2. The molecule has 0 N–H and O–H groups in total. The maximum atomic E-state index is 14.9. The van der Waals surface area contributed by atoms with Crippen LogP contribution in [0.25, 0.3) is 0 Å². The number of allylic oxidation sites excluding steroid dienone is 1. The first-order chi connectivity index (χ1) is 19.6. The molecular formula is C36H54F2O2. The van der Waals surface area contributed by atoms with E-state index in [0.29, 0.717) is 18.3 Å². The zero-order valence-electron chi connectivity index (χ0n) is 25.1. The van der Waals surface area contributed by atoms with E-state index in [9.17, 15) is 8.78 Å². The largest absolute Gasteiger partial charge is 0.490 e. The molecule has 2 atom stereocenters. The third-order valence-electron chi connectivity index (χ3n) is 11.4. The Bertz CT molecular complexity index is 915. The van der Waals surface area contributed by atoms with Crippen LogP contribution in [0.3, 0.4) is 0 Å². The van der Waals surface area contributed by atoms with Gasteiger partial charge < -0.3 is 9.47 Å². The van der Waals surface area contributed by atoms with Crippen LogP contribution in [0.15, 0.2) is 24.8 Å². The standard InChI is InChI=1S/C36H54F2O2/c1-3-5-6-25-7-9-30(10-8-25)33-21-19-31(24-40-33)28-13-11-26(12-14-28)27-15-17-29(18-16-27)32-20-22-34(39-23-4-2)36(38)35(32)37/h3,20,22,25-31,33H,1,4-19,21,23-24H2,2H3. The van der Waals surface area contributed by atoms with Crippen LogP contribution in [-0.2, 0) is 4.74 Å². The van der Waals surface area contributed by atoms with Crippen LogP contribution in [0.4, 0.5) is 8.78 Å². The van der Waals surface area contributed by atoms with Gasteiger partial charge in [-0.1, -0.05) is 31.9 Å². The van der Waals surface area contributed by atoms with E-state index < -0.39 is 11.6 Å². The molecule has 0 amide bonds. The molecule has 0 spiro atoms. The van der Waals surface area contributed by atoms with Crippen molar-refractivity contribution in [2.24, 2.45) is 35.5 Å². The molecule has 5 rings (SSSR count). The first-order valence-corrected chi connectivity index (χ1v) is 16.9. The minimum atomic E-state index is -0.809. The van der Waals surface area contributed by atoms with E-state index in [0.717, 1.165) is 74.2 Å². The lowest BCUT2D eigenvalue weighted by atomic mass is 9.66. The Hall–Kier alpha value is -1.42. The lowest BCUT2D eigenvalue weighted by Crippen LogP contribution is -2.37. The van der Waals surface area contributed by atoms with Crippen molar-refractivity contribution in [2.75, 3.05) is 13.2 Å². The maximum Gasteiger partial charge on any atom is 0.200 e. The highest BCUT2D eigenvalue weighted by Gasteiger charge is 2.37. The van der Waals surface area contributed by atoms with Gasteiger partial charge in [-0.25, -0.2) is 4.39 Å². The molecule has 1 aliphatic heterocycles. The smallest absolute Gasteiger partial charge is 0.200 e. The van der Waals surface area contributed by atoms with E-state index in [1.807, 2.05) is 6.92 Å². The second-order valence-corrected chi connectivity index (χ2v) is 13.8. The number of ether oxygens (including phenoxy) is 2. The topological polar surface area (TPSA) is 18.5 Å². The molecule has 1 aromatic rings. The second kappa shape index (κ2) is 14.7. The van der Waals surface area contributed by atoms with Crippen molar-refractivity contribution in [2.45, 2.75) is 128 Å². The van der Waals surface area contributed by atoms with Gasteiger partial charge in [0.05, 0.1) is 19.3 Å². The van der Waals surface area contributed by atoms with Crippen molar-refractivity contribution in [1.29, 1.82) is 0 Å². The lowest BCUT2D eigenvalue weighted by Gasteiger charge is -2.43. The van der Waals surface area contributed by atoms with Crippen molar-refractivity contribution in [3.63, 3.8) is 0 Å². The fourth-order valence-electron chi connectivity index (χ4n) is 8.91. The number of benzene rings is 1. The molecule has 3 aliphatic carbocycles. The number of halogens is 2. The summed E-state index contributed by atoms with van der Waals surface area (Å²) in [5.74, 6) is 3.57. The van der Waals surface area contributed by atoms with Gasteiger partial charge in [0.15, 0.2) is 11.6 Å². The predicted molar refractivity (Wildman–Crippen MR) is 160 cm³/mol. The average Bonchev–Trinajstić information content (AvgIpc) is 3.01. The molecule has 0 radical (unpaired) electrons. The first-order valence-electron chi connectivity index (χ1n) is 16.9. The molecule has 2 nitrogen and oxygen atoms in total. The first kappa shape index (κ1) is 30.1. The number of hydrogen-bond donors (Lipinski definition) is 0. The Morgan fingerprint density at radius 1 is 0.775 bits per heavy atom. The van der Waals surface area contributed by atoms with Crippen LogP contribution < -0.4 is 4.74 Å². The SMILES string of the molecule is C=CCCC1CCC(C2CCC(C3CCC(C4CCC(c5ccc(OCCC)c(F)c5F)CC4)CC3)CO2)CC1. The van der Waals surface area contributed by atoms with Crippen LogP contribution in [0, 0.1) is 47.1 Å².